The summed E-state index contributed by atoms with van der Waals surface area (Å²) < 4.78 is 5.07. The number of ether oxygens (including phenoxy) is 1. The molecule has 0 aliphatic rings. The Morgan fingerprint density at radius 2 is 1.94 bits per heavy atom. The number of benzene rings is 1. The minimum Gasteiger partial charge on any atom is -0.463 e. The number of carbonyl (C=O) groups is 1. The highest BCUT2D eigenvalue weighted by Crippen LogP contribution is 2.19. The number of carbonyl (C=O) groups excluding carboxylic acids is 1. The van der Waals surface area contributed by atoms with Crippen molar-refractivity contribution in [3.8, 4) is 0 Å². The molecule has 1 aromatic carbocycles. The van der Waals surface area contributed by atoms with E-state index in [1.54, 1.807) is 6.92 Å². The van der Waals surface area contributed by atoms with E-state index >= 15 is 0 Å². The summed E-state index contributed by atoms with van der Waals surface area (Å²) in [5, 5.41) is 0. The summed E-state index contributed by atoms with van der Waals surface area (Å²) in [7, 11) is 0. The lowest BCUT2D eigenvalue weighted by molar-refractivity contribution is -0.140. The molecule has 0 aliphatic heterocycles. The molecule has 86 valence electrons. The molecule has 1 rings (SSSR count). The molecule has 0 N–H and O–H groups in total. The number of hydrogen-bond acceptors (Lipinski definition) is 2. The van der Waals surface area contributed by atoms with Crippen molar-refractivity contribution in [1.82, 2.24) is 0 Å². The quantitative estimate of drug-likeness (QED) is 0.449. The number of esters is 1. The fourth-order valence-electron chi connectivity index (χ4n) is 1.23. The van der Waals surface area contributed by atoms with Crippen molar-refractivity contribution >= 4 is 11.5 Å². The fourth-order valence-corrected chi connectivity index (χ4v) is 1.23. The normalized spacial score (nSPS) is 11.1. The maximum absolute atomic E-state index is 11.3. The molecular weight excluding hydrogens is 214 g/mol. The van der Waals surface area contributed by atoms with E-state index in [4.69, 9.17) is 11.3 Å². The third-order valence-corrected chi connectivity index (χ3v) is 2.29. The Morgan fingerprint density at radius 1 is 1.35 bits per heavy atom. The standard InChI is InChI=1S/C14H13NO2/c1-10(13-8-6-5-7-9-13)12(3)17-14(16)11(2)15-4/h5-9,12H,1-2H2,3H3. The van der Waals surface area contributed by atoms with Gasteiger partial charge in [-0.25, -0.2) is 4.85 Å². The molecule has 0 fully saturated rings. The summed E-state index contributed by atoms with van der Waals surface area (Å²) in [5.74, 6) is -0.704. The van der Waals surface area contributed by atoms with Crippen LogP contribution in [0.1, 0.15) is 12.5 Å². The van der Waals surface area contributed by atoms with Gasteiger partial charge in [-0.15, -0.1) is 0 Å². The highest BCUT2D eigenvalue weighted by atomic mass is 16.5. The fraction of sp³-hybridized carbons (Fsp3) is 0.143. The summed E-state index contributed by atoms with van der Waals surface area (Å²) >= 11 is 0. The summed E-state index contributed by atoms with van der Waals surface area (Å²) in [6, 6.07) is 9.43. The Balaban J connectivity index is 2.70. The first-order valence-corrected chi connectivity index (χ1v) is 5.07. The van der Waals surface area contributed by atoms with Crippen LogP contribution in [0.4, 0.5) is 0 Å². The molecule has 0 saturated heterocycles. The zero-order valence-corrected chi connectivity index (χ0v) is 9.64. The lowest BCUT2D eigenvalue weighted by Gasteiger charge is -2.15. The molecule has 1 unspecified atom stereocenters. The summed E-state index contributed by atoms with van der Waals surface area (Å²) in [5.41, 5.74) is 1.37. The lowest BCUT2D eigenvalue weighted by atomic mass is 10.0. The molecule has 0 aliphatic carbocycles. The van der Waals surface area contributed by atoms with E-state index < -0.39 is 12.1 Å². The van der Waals surface area contributed by atoms with Crippen LogP contribution in [0.25, 0.3) is 10.4 Å². The predicted molar refractivity (Wildman–Crippen MR) is 66.8 cm³/mol. The van der Waals surface area contributed by atoms with Crippen LogP contribution in [0, 0.1) is 6.57 Å². The van der Waals surface area contributed by atoms with Crippen LogP contribution < -0.4 is 0 Å². The van der Waals surface area contributed by atoms with Crippen LogP contribution in [0.2, 0.25) is 0 Å². The van der Waals surface area contributed by atoms with E-state index in [1.165, 1.54) is 0 Å². The number of rotatable bonds is 4. The molecule has 0 spiro atoms. The molecule has 0 saturated carbocycles. The van der Waals surface area contributed by atoms with Crippen molar-refractivity contribution < 1.29 is 9.53 Å². The summed E-state index contributed by atoms with van der Waals surface area (Å²) in [6.07, 6.45) is -0.483. The second-order valence-electron chi connectivity index (χ2n) is 3.50. The van der Waals surface area contributed by atoms with Gasteiger partial charge < -0.3 is 4.74 Å². The first-order chi connectivity index (χ1) is 8.06. The average molecular weight is 227 g/mol. The van der Waals surface area contributed by atoms with Crippen molar-refractivity contribution in [2.75, 3.05) is 0 Å². The Kier molecular flexibility index (Phi) is 4.24. The molecule has 3 nitrogen and oxygen atoms in total. The van der Waals surface area contributed by atoms with E-state index in [2.05, 4.69) is 18.0 Å². The Hall–Kier alpha value is -2.34. The van der Waals surface area contributed by atoms with Gasteiger partial charge in [0.2, 0.25) is 0 Å². The number of nitrogens with zero attached hydrogens (tertiary/aromatic N) is 1. The molecule has 3 heteroatoms. The topological polar surface area (TPSA) is 30.7 Å². The van der Waals surface area contributed by atoms with Gasteiger partial charge in [0.05, 0.1) is 6.57 Å². The summed E-state index contributed by atoms with van der Waals surface area (Å²) in [4.78, 5) is 14.3. The molecule has 0 amide bonds. The Labute approximate surface area is 101 Å². The summed E-state index contributed by atoms with van der Waals surface area (Å²) in [6.45, 7) is 15.5. The molecule has 1 aromatic rings. The first kappa shape index (κ1) is 12.7. The van der Waals surface area contributed by atoms with E-state index in [9.17, 15) is 4.79 Å². The van der Waals surface area contributed by atoms with Crippen LogP contribution in [0.5, 0.6) is 0 Å². The number of hydrogen-bond donors (Lipinski definition) is 0. The minimum absolute atomic E-state index is 0.224. The average Bonchev–Trinajstić information content (AvgIpc) is 2.37. The molecule has 0 heterocycles. The van der Waals surface area contributed by atoms with Gasteiger partial charge in [0.1, 0.15) is 6.10 Å². The van der Waals surface area contributed by atoms with Gasteiger partial charge in [-0.05, 0) is 18.1 Å². The minimum atomic E-state index is -0.704. The smallest absolute Gasteiger partial charge is 0.336 e. The van der Waals surface area contributed by atoms with Crippen LogP contribution in [-0.4, -0.2) is 12.1 Å². The van der Waals surface area contributed by atoms with Crippen molar-refractivity contribution in [3.05, 3.63) is 66.2 Å². The predicted octanol–water partition coefficient (Wildman–Crippen LogP) is 3.06. The molecule has 0 bridgehead atoms. The van der Waals surface area contributed by atoms with E-state index in [1.807, 2.05) is 30.3 Å². The van der Waals surface area contributed by atoms with Crippen LogP contribution >= 0.6 is 0 Å². The highest BCUT2D eigenvalue weighted by molar-refractivity contribution is 5.90. The van der Waals surface area contributed by atoms with Gasteiger partial charge in [-0.3, -0.25) is 4.79 Å². The second kappa shape index (κ2) is 5.66. The van der Waals surface area contributed by atoms with Crippen LogP contribution in [0.3, 0.4) is 0 Å². The Morgan fingerprint density at radius 3 is 2.47 bits per heavy atom. The van der Waals surface area contributed by atoms with Gasteiger partial charge in [0, 0.05) is 0 Å². The Bertz CT molecular complexity index is 483. The molecule has 0 aromatic heterocycles. The highest BCUT2D eigenvalue weighted by Gasteiger charge is 2.16. The molecule has 0 radical (unpaired) electrons. The largest absolute Gasteiger partial charge is 0.463 e. The van der Waals surface area contributed by atoms with Gasteiger partial charge in [0.25, 0.3) is 5.70 Å². The SMILES string of the molecule is [C-]#[N+]C(=C)C(=O)OC(C)C(=C)c1ccccc1. The third kappa shape index (κ3) is 3.32. The van der Waals surface area contributed by atoms with Crippen LogP contribution in [-0.2, 0) is 9.53 Å². The third-order valence-electron chi connectivity index (χ3n) is 2.29. The van der Waals surface area contributed by atoms with Crippen molar-refractivity contribution in [3.63, 3.8) is 0 Å². The maximum Gasteiger partial charge on any atom is 0.336 e. The van der Waals surface area contributed by atoms with Gasteiger partial charge in [-0.2, -0.15) is 0 Å². The monoisotopic (exact) mass is 227 g/mol. The zero-order chi connectivity index (χ0) is 12.8. The van der Waals surface area contributed by atoms with Gasteiger partial charge in [0.15, 0.2) is 0 Å². The first-order valence-electron chi connectivity index (χ1n) is 5.07. The van der Waals surface area contributed by atoms with Crippen LogP contribution in [0.15, 0.2) is 49.2 Å². The second-order valence-corrected chi connectivity index (χ2v) is 3.50. The maximum atomic E-state index is 11.3. The molecule has 1 atom stereocenters. The molecule has 17 heavy (non-hydrogen) atoms. The van der Waals surface area contributed by atoms with E-state index in [0.717, 1.165) is 5.56 Å². The van der Waals surface area contributed by atoms with Gasteiger partial charge in [-0.1, -0.05) is 43.5 Å². The van der Waals surface area contributed by atoms with Crippen molar-refractivity contribution in [1.29, 1.82) is 0 Å². The van der Waals surface area contributed by atoms with E-state index in [-0.39, 0.29) is 5.70 Å². The van der Waals surface area contributed by atoms with Crippen molar-refractivity contribution in [2.45, 2.75) is 13.0 Å². The zero-order valence-electron chi connectivity index (χ0n) is 9.64. The van der Waals surface area contributed by atoms with E-state index in [0.29, 0.717) is 5.57 Å². The molecular formula is C14H13NO2. The lowest BCUT2D eigenvalue weighted by Crippen LogP contribution is -2.16. The van der Waals surface area contributed by atoms with Crippen molar-refractivity contribution in [2.24, 2.45) is 0 Å². The van der Waals surface area contributed by atoms with Gasteiger partial charge >= 0.3 is 5.97 Å².